The molecule has 1 atom stereocenters. The summed E-state index contributed by atoms with van der Waals surface area (Å²) in [7, 11) is 0. The highest BCUT2D eigenvalue weighted by atomic mass is 79.9. The molecule has 1 aliphatic rings. The standard InChI is InChI=1S/C13H18BrFN2/c1-2-16-8-10-5-6-17(9-10)13-4-3-11(14)7-12(13)15/h3-4,7,10,16H,2,5-6,8-9H2,1H3. The molecular formula is C13H18BrFN2. The number of halogens is 2. The van der Waals surface area contributed by atoms with Crippen molar-refractivity contribution < 1.29 is 4.39 Å². The third-order valence-corrected chi connectivity index (χ3v) is 3.71. The van der Waals surface area contributed by atoms with Crippen LogP contribution in [0.5, 0.6) is 0 Å². The zero-order chi connectivity index (χ0) is 12.3. The van der Waals surface area contributed by atoms with Crippen molar-refractivity contribution in [1.82, 2.24) is 5.32 Å². The maximum atomic E-state index is 13.8. The van der Waals surface area contributed by atoms with Crippen LogP contribution in [-0.2, 0) is 0 Å². The summed E-state index contributed by atoms with van der Waals surface area (Å²) in [5, 5.41) is 3.36. The lowest BCUT2D eigenvalue weighted by Gasteiger charge is -2.19. The molecule has 0 spiro atoms. The van der Waals surface area contributed by atoms with E-state index in [1.165, 1.54) is 6.07 Å². The van der Waals surface area contributed by atoms with Gasteiger partial charge in [-0.15, -0.1) is 0 Å². The van der Waals surface area contributed by atoms with E-state index in [0.29, 0.717) is 5.92 Å². The van der Waals surface area contributed by atoms with Crippen molar-refractivity contribution in [2.24, 2.45) is 5.92 Å². The minimum atomic E-state index is -0.136. The summed E-state index contributed by atoms with van der Waals surface area (Å²) in [4.78, 5) is 2.14. The van der Waals surface area contributed by atoms with Crippen LogP contribution in [-0.4, -0.2) is 26.2 Å². The molecule has 1 aromatic rings. The predicted octanol–water partition coefficient (Wildman–Crippen LogP) is 3.02. The third-order valence-electron chi connectivity index (χ3n) is 3.22. The highest BCUT2D eigenvalue weighted by Gasteiger charge is 2.23. The Labute approximate surface area is 110 Å². The quantitative estimate of drug-likeness (QED) is 0.919. The van der Waals surface area contributed by atoms with Crippen LogP contribution in [0.1, 0.15) is 13.3 Å². The fraction of sp³-hybridized carbons (Fsp3) is 0.538. The average molecular weight is 301 g/mol. The van der Waals surface area contributed by atoms with Gasteiger partial charge < -0.3 is 10.2 Å². The van der Waals surface area contributed by atoms with Crippen LogP contribution in [0.2, 0.25) is 0 Å². The zero-order valence-electron chi connectivity index (χ0n) is 10.0. The van der Waals surface area contributed by atoms with Crippen LogP contribution in [0.25, 0.3) is 0 Å². The highest BCUT2D eigenvalue weighted by molar-refractivity contribution is 9.10. The Kier molecular flexibility index (Phi) is 4.40. The lowest BCUT2D eigenvalue weighted by Crippen LogP contribution is -2.26. The monoisotopic (exact) mass is 300 g/mol. The van der Waals surface area contributed by atoms with E-state index in [2.05, 4.69) is 33.1 Å². The van der Waals surface area contributed by atoms with Gasteiger partial charge in [-0.1, -0.05) is 22.9 Å². The van der Waals surface area contributed by atoms with Crippen LogP contribution in [0, 0.1) is 11.7 Å². The molecule has 1 aliphatic heterocycles. The van der Waals surface area contributed by atoms with Gasteiger partial charge in [-0.2, -0.15) is 0 Å². The minimum Gasteiger partial charge on any atom is -0.369 e. The molecule has 1 fully saturated rings. The summed E-state index contributed by atoms with van der Waals surface area (Å²) in [6.07, 6.45) is 1.14. The molecular weight excluding hydrogens is 283 g/mol. The van der Waals surface area contributed by atoms with Gasteiger partial charge in [0.15, 0.2) is 0 Å². The van der Waals surface area contributed by atoms with E-state index in [1.807, 2.05) is 12.1 Å². The Morgan fingerprint density at radius 1 is 1.53 bits per heavy atom. The molecule has 0 radical (unpaired) electrons. The number of nitrogens with one attached hydrogen (secondary N) is 1. The minimum absolute atomic E-state index is 0.136. The number of hydrogen-bond donors (Lipinski definition) is 1. The summed E-state index contributed by atoms with van der Waals surface area (Å²) < 4.78 is 14.6. The van der Waals surface area contributed by atoms with Crippen molar-refractivity contribution in [2.45, 2.75) is 13.3 Å². The van der Waals surface area contributed by atoms with E-state index >= 15 is 0 Å². The summed E-state index contributed by atoms with van der Waals surface area (Å²) in [5.41, 5.74) is 0.729. The fourth-order valence-corrected chi connectivity index (χ4v) is 2.64. The highest BCUT2D eigenvalue weighted by Crippen LogP contribution is 2.27. The fourth-order valence-electron chi connectivity index (χ4n) is 2.30. The zero-order valence-corrected chi connectivity index (χ0v) is 11.6. The molecule has 4 heteroatoms. The molecule has 1 saturated heterocycles. The van der Waals surface area contributed by atoms with Crippen LogP contribution in [0.3, 0.4) is 0 Å². The van der Waals surface area contributed by atoms with Crippen molar-refractivity contribution in [3.8, 4) is 0 Å². The molecule has 0 saturated carbocycles. The first kappa shape index (κ1) is 12.8. The van der Waals surface area contributed by atoms with Crippen molar-refractivity contribution in [3.05, 3.63) is 28.5 Å². The number of benzene rings is 1. The molecule has 0 bridgehead atoms. The average Bonchev–Trinajstić information content (AvgIpc) is 2.75. The Morgan fingerprint density at radius 3 is 3.06 bits per heavy atom. The second-order valence-electron chi connectivity index (χ2n) is 4.50. The van der Waals surface area contributed by atoms with Gasteiger partial charge in [0.05, 0.1) is 5.69 Å². The van der Waals surface area contributed by atoms with E-state index in [1.54, 1.807) is 0 Å². The SMILES string of the molecule is CCNCC1CCN(c2ccc(Br)cc2F)C1. The number of nitrogens with zero attached hydrogens (tertiary/aromatic N) is 1. The van der Waals surface area contributed by atoms with E-state index in [4.69, 9.17) is 0 Å². The van der Waals surface area contributed by atoms with Crippen molar-refractivity contribution in [3.63, 3.8) is 0 Å². The molecule has 17 heavy (non-hydrogen) atoms. The number of anilines is 1. The molecule has 1 N–H and O–H groups in total. The molecule has 2 nitrogen and oxygen atoms in total. The number of hydrogen-bond acceptors (Lipinski definition) is 2. The van der Waals surface area contributed by atoms with E-state index in [-0.39, 0.29) is 5.82 Å². The van der Waals surface area contributed by atoms with Crippen LogP contribution >= 0.6 is 15.9 Å². The molecule has 0 aromatic heterocycles. The molecule has 2 rings (SSSR count). The second-order valence-corrected chi connectivity index (χ2v) is 5.42. The van der Waals surface area contributed by atoms with Gasteiger partial charge in [0.1, 0.15) is 5.82 Å². The van der Waals surface area contributed by atoms with Gasteiger partial charge in [-0.3, -0.25) is 0 Å². The Bertz CT molecular complexity index is 384. The Hall–Kier alpha value is -0.610. The van der Waals surface area contributed by atoms with Gasteiger partial charge in [0, 0.05) is 17.6 Å². The van der Waals surface area contributed by atoms with Gasteiger partial charge in [0.2, 0.25) is 0 Å². The molecule has 1 aromatic carbocycles. The van der Waals surface area contributed by atoms with Crippen LogP contribution in [0.15, 0.2) is 22.7 Å². The topological polar surface area (TPSA) is 15.3 Å². The van der Waals surface area contributed by atoms with E-state index in [0.717, 1.165) is 42.8 Å². The maximum absolute atomic E-state index is 13.8. The molecule has 0 aliphatic carbocycles. The first-order valence-electron chi connectivity index (χ1n) is 6.11. The Balaban J connectivity index is 2.00. The first-order chi connectivity index (χ1) is 8.20. The smallest absolute Gasteiger partial charge is 0.147 e. The van der Waals surface area contributed by atoms with Gasteiger partial charge in [0.25, 0.3) is 0 Å². The van der Waals surface area contributed by atoms with E-state index in [9.17, 15) is 4.39 Å². The maximum Gasteiger partial charge on any atom is 0.147 e. The molecule has 94 valence electrons. The van der Waals surface area contributed by atoms with Crippen LogP contribution in [0.4, 0.5) is 10.1 Å². The largest absolute Gasteiger partial charge is 0.369 e. The summed E-state index contributed by atoms with van der Waals surface area (Å²) in [6.45, 7) is 6.05. The van der Waals surface area contributed by atoms with Crippen molar-refractivity contribution in [2.75, 3.05) is 31.1 Å². The van der Waals surface area contributed by atoms with E-state index < -0.39 is 0 Å². The van der Waals surface area contributed by atoms with Crippen molar-refractivity contribution >= 4 is 21.6 Å². The van der Waals surface area contributed by atoms with Crippen molar-refractivity contribution in [1.29, 1.82) is 0 Å². The lowest BCUT2D eigenvalue weighted by atomic mass is 10.1. The Morgan fingerprint density at radius 2 is 2.35 bits per heavy atom. The molecule has 0 amide bonds. The van der Waals surface area contributed by atoms with Gasteiger partial charge >= 0.3 is 0 Å². The van der Waals surface area contributed by atoms with Gasteiger partial charge in [-0.25, -0.2) is 4.39 Å². The predicted molar refractivity (Wildman–Crippen MR) is 73.0 cm³/mol. The summed E-state index contributed by atoms with van der Waals surface area (Å²) in [6, 6.07) is 5.29. The lowest BCUT2D eigenvalue weighted by molar-refractivity contribution is 0.527. The summed E-state index contributed by atoms with van der Waals surface area (Å²) >= 11 is 3.28. The summed E-state index contributed by atoms with van der Waals surface area (Å²) in [5.74, 6) is 0.501. The van der Waals surface area contributed by atoms with Gasteiger partial charge in [-0.05, 0) is 43.6 Å². The molecule has 1 unspecified atom stereocenters. The normalized spacial score (nSPS) is 19.9. The number of rotatable bonds is 4. The third kappa shape index (κ3) is 3.19. The molecule has 1 heterocycles. The van der Waals surface area contributed by atoms with Crippen LogP contribution < -0.4 is 10.2 Å². The second kappa shape index (κ2) is 5.83. The first-order valence-corrected chi connectivity index (χ1v) is 6.90.